The van der Waals surface area contributed by atoms with E-state index in [0.717, 1.165) is 13.0 Å². The minimum Gasteiger partial charge on any atom is -0.507 e. The Labute approximate surface area is 112 Å². The number of likely N-dealkylation sites (tertiary alicyclic amines) is 1. The van der Waals surface area contributed by atoms with Crippen molar-refractivity contribution >= 4 is 5.97 Å². The minimum absolute atomic E-state index is 0.0779. The zero-order chi connectivity index (χ0) is 14.0. The third-order valence-electron chi connectivity index (χ3n) is 3.81. The fourth-order valence-electron chi connectivity index (χ4n) is 2.78. The standard InChI is InChI=1S/C14H19NO4/c1-9(14-11(16)3-2-4-12(14)17)15-6-5-10(8-15)7-13(18)19/h2-4,9-10,16-17H,5-8H2,1H3,(H,18,19). The zero-order valence-electron chi connectivity index (χ0n) is 10.9. The summed E-state index contributed by atoms with van der Waals surface area (Å²) in [4.78, 5) is 12.8. The number of phenolic OH excluding ortho intramolecular Hbond substituents is 2. The summed E-state index contributed by atoms with van der Waals surface area (Å²) in [7, 11) is 0. The van der Waals surface area contributed by atoms with E-state index >= 15 is 0 Å². The molecule has 0 aliphatic carbocycles. The van der Waals surface area contributed by atoms with Crippen LogP contribution in [0.4, 0.5) is 0 Å². The van der Waals surface area contributed by atoms with E-state index in [1.165, 1.54) is 0 Å². The number of carbonyl (C=O) groups is 1. The van der Waals surface area contributed by atoms with Crippen LogP contribution in [-0.4, -0.2) is 39.3 Å². The Bertz CT molecular complexity index is 454. The molecule has 0 bridgehead atoms. The van der Waals surface area contributed by atoms with E-state index in [1.54, 1.807) is 18.2 Å². The van der Waals surface area contributed by atoms with Gasteiger partial charge in [0.05, 0.1) is 5.56 Å². The maximum absolute atomic E-state index is 10.7. The van der Waals surface area contributed by atoms with Crippen molar-refractivity contribution in [2.24, 2.45) is 5.92 Å². The van der Waals surface area contributed by atoms with E-state index in [9.17, 15) is 15.0 Å². The first-order chi connectivity index (χ1) is 8.99. The molecule has 2 rings (SSSR count). The number of carboxylic acid groups (broad SMARTS) is 1. The summed E-state index contributed by atoms with van der Waals surface area (Å²) < 4.78 is 0. The topological polar surface area (TPSA) is 81.0 Å². The molecule has 3 N–H and O–H groups in total. The van der Waals surface area contributed by atoms with Gasteiger partial charge in [0.2, 0.25) is 0 Å². The number of benzene rings is 1. The molecular weight excluding hydrogens is 246 g/mol. The Hall–Kier alpha value is -1.75. The molecule has 2 unspecified atom stereocenters. The molecule has 0 aromatic heterocycles. The summed E-state index contributed by atoms with van der Waals surface area (Å²) in [5.41, 5.74) is 0.512. The van der Waals surface area contributed by atoms with Crippen LogP contribution in [0.5, 0.6) is 11.5 Å². The van der Waals surface area contributed by atoms with Crippen molar-refractivity contribution in [3.05, 3.63) is 23.8 Å². The fourth-order valence-corrected chi connectivity index (χ4v) is 2.78. The summed E-state index contributed by atoms with van der Waals surface area (Å²) >= 11 is 0. The first kappa shape index (κ1) is 13.7. The van der Waals surface area contributed by atoms with Crippen LogP contribution >= 0.6 is 0 Å². The molecule has 0 saturated carbocycles. The summed E-state index contributed by atoms with van der Waals surface area (Å²) in [6, 6.07) is 4.57. The van der Waals surface area contributed by atoms with Crippen LogP contribution in [0.1, 0.15) is 31.4 Å². The molecule has 5 nitrogen and oxygen atoms in total. The number of aliphatic carboxylic acids is 1. The molecule has 0 amide bonds. The van der Waals surface area contributed by atoms with Crippen LogP contribution in [0.2, 0.25) is 0 Å². The van der Waals surface area contributed by atoms with Gasteiger partial charge in [-0.25, -0.2) is 0 Å². The predicted octanol–water partition coefficient (Wildman–Crippen LogP) is 1.96. The van der Waals surface area contributed by atoms with Gasteiger partial charge in [0, 0.05) is 19.0 Å². The van der Waals surface area contributed by atoms with Crippen molar-refractivity contribution in [3.63, 3.8) is 0 Å². The molecule has 0 spiro atoms. The van der Waals surface area contributed by atoms with Crippen LogP contribution in [0.25, 0.3) is 0 Å². The number of carboxylic acids is 1. The Kier molecular flexibility index (Phi) is 3.95. The Morgan fingerprint density at radius 3 is 2.63 bits per heavy atom. The summed E-state index contributed by atoms with van der Waals surface area (Å²) in [5.74, 6) is -0.471. The Morgan fingerprint density at radius 1 is 1.42 bits per heavy atom. The number of hydrogen-bond acceptors (Lipinski definition) is 4. The van der Waals surface area contributed by atoms with Crippen LogP contribution < -0.4 is 0 Å². The minimum atomic E-state index is -0.773. The Balaban J connectivity index is 2.09. The molecule has 1 saturated heterocycles. The lowest BCUT2D eigenvalue weighted by Gasteiger charge is -2.25. The summed E-state index contributed by atoms with van der Waals surface area (Å²) in [6.07, 6.45) is 1.01. The van der Waals surface area contributed by atoms with Crippen molar-refractivity contribution in [1.82, 2.24) is 4.90 Å². The second kappa shape index (κ2) is 5.48. The maximum atomic E-state index is 10.7. The average Bonchev–Trinajstić information content (AvgIpc) is 2.76. The molecule has 1 aliphatic heterocycles. The number of phenols is 2. The molecule has 1 aromatic carbocycles. The lowest BCUT2D eigenvalue weighted by Crippen LogP contribution is -2.25. The van der Waals surface area contributed by atoms with Crippen molar-refractivity contribution in [1.29, 1.82) is 0 Å². The highest BCUT2D eigenvalue weighted by Gasteiger charge is 2.30. The Morgan fingerprint density at radius 2 is 2.05 bits per heavy atom. The van der Waals surface area contributed by atoms with Gasteiger partial charge >= 0.3 is 5.97 Å². The normalized spacial score (nSPS) is 21.4. The van der Waals surface area contributed by atoms with Crippen molar-refractivity contribution < 1.29 is 20.1 Å². The number of hydrogen-bond donors (Lipinski definition) is 3. The summed E-state index contributed by atoms with van der Waals surface area (Å²) in [5, 5.41) is 28.5. The van der Waals surface area contributed by atoms with E-state index in [2.05, 4.69) is 4.90 Å². The quantitative estimate of drug-likeness (QED) is 0.775. The molecular formula is C14H19NO4. The van der Waals surface area contributed by atoms with Crippen molar-refractivity contribution in [2.75, 3.05) is 13.1 Å². The van der Waals surface area contributed by atoms with E-state index in [1.807, 2.05) is 6.92 Å². The van der Waals surface area contributed by atoms with Gasteiger partial charge in [-0.05, 0) is 37.9 Å². The molecule has 19 heavy (non-hydrogen) atoms. The second-order valence-electron chi connectivity index (χ2n) is 5.13. The van der Waals surface area contributed by atoms with E-state index in [0.29, 0.717) is 12.1 Å². The molecule has 1 heterocycles. The molecule has 1 fully saturated rings. The van der Waals surface area contributed by atoms with Gasteiger partial charge in [0.15, 0.2) is 0 Å². The highest BCUT2D eigenvalue weighted by atomic mass is 16.4. The van der Waals surface area contributed by atoms with E-state index in [-0.39, 0.29) is 29.9 Å². The van der Waals surface area contributed by atoms with Crippen LogP contribution in [0, 0.1) is 5.92 Å². The monoisotopic (exact) mass is 265 g/mol. The third-order valence-corrected chi connectivity index (χ3v) is 3.81. The van der Waals surface area contributed by atoms with Crippen LogP contribution in [0.3, 0.4) is 0 Å². The first-order valence-electron chi connectivity index (χ1n) is 6.45. The number of aromatic hydroxyl groups is 2. The molecule has 1 aromatic rings. The second-order valence-corrected chi connectivity index (χ2v) is 5.13. The average molecular weight is 265 g/mol. The highest BCUT2D eigenvalue weighted by molar-refractivity contribution is 5.67. The van der Waals surface area contributed by atoms with Crippen LogP contribution in [0.15, 0.2) is 18.2 Å². The van der Waals surface area contributed by atoms with Gasteiger partial charge in [-0.1, -0.05) is 6.07 Å². The molecule has 0 radical (unpaired) electrons. The SMILES string of the molecule is CC(c1c(O)cccc1O)N1CCC(CC(=O)O)C1. The molecule has 2 atom stereocenters. The van der Waals surface area contributed by atoms with Crippen LogP contribution in [-0.2, 0) is 4.79 Å². The molecule has 1 aliphatic rings. The number of rotatable bonds is 4. The lowest BCUT2D eigenvalue weighted by molar-refractivity contribution is -0.138. The smallest absolute Gasteiger partial charge is 0.303 e. The van der Waals surface area contributed by atoms with Gasteiger partial charge in [-0.3, -0.25) is 9.69 Å². The van der Waals surface area contributed by atoms with Crippen molar-refractivity contribution in [3.8, 4) is 11.5 Å². The molecule has 5 heteroatoms. The number of nitrogens with zero attached hydrogens (tertiary/aromatic N) is 1. The summed E-state index contributed by atoms with van der Waals surface area (Å²) in [6.45, 7) is 3.38. The van der Waals surface area contributed by atoms with Gasteiger partial charge < -0.3 is 15.3 Å². The van der Waals surface area contributed by atoms with Gasteiger partial charge in [-0.15, -0.1) is 0 Å². The van der Waals surface area contributed by atoms with Gasteiger partial charge in [-0.2, -0.15) is 0 Å². The lowest BCUT2D eigenvalue weighted by atomic mass is 10.0. The first-order valence-corrected chi connectivity index (χ1v) is 6.45. The van der Waals surface area contributed by atoms with E-state index < -0.39 is 5.97 Å². The largest absolute Gasteiger partial charge is 0.507 e. The highest BCUT2D eigenvalue weighted by Crippen LogP contribution is 2.37. The van der Waals surface area contributed by atoms with Crippen molar-refractivity contribution in [2.45, 2.75) is 25.8 Å². The zero-order valence-corrected chi connectivity index (χ0v) is 10.9. The van der Waals surface area contributed by atoms with Gasteiger partial charge in [0.1, 0.15) is 11.5 Å². The maximum Gasteiger partial charge on any atom is 0.303 e. The van der Waals surface area contributed by atoms with E-state index in [4.69, 9.17) is 5.11 Å². The third kappa shape index (κ3) is 2.98. The molecule has 104 valence electrons. The fraction of sp³-hybridized carbons (Fsp3) is 0.500. The predicted molar refractivity (Wildman–Crippen MR) is 70.1 cm³/mol. The van der Waals surface area contributed by atoms with Gasteiger partial charge in [0.25, 0.3) is 0 Å².